The summed E-state index contributed by atoms with van der Waals surface area (Å²) in [6, 6.07) is 10.3. The molecule has 1 saturated heterocycles. The highest BCUT2D eigenvalue weighted by Crippen LogP contribution is 2.25. The Morgan fingerprint density at radius 3 is 2.69 bits per heavy atom. The molecule has 86 valence electrons. The van der Waals surface area contributed by atoms with Gasteiger partial charge in [0.05, 0.1) is 12.2 Å². The molecule has 1 aliphatic rings. The fourth-order valence-electron chi connectivity index (χ4n) is 2.02. The Morgan fingerprint density at radius 1 is 1.25 bits per heavy atom. The molecule has 0 radical (unpaired) electrons. The van der Waals surface area contributed by atoms with Crippen molar-refractivity contribution in [2.75, 3.05) is 0 Å². The lowest BCUT2D eigenvalue weighted by molar-refractivity contribution is -0.0100. The molecule has 2 heteroatoms. The number of hydrogen-bond donors (Lipinski definition) is 0. The lowest BCUT2D eigenvalue weighted by atomic mass is 10.0. The standard InChI is InChI=1S/C14H17BrO/c1-11-9-13(15)10-14(16-11)8-7-12-5-3-2-4-6-12/h2-8,11,13-14H,9-10H2,1H3/t11-,13+,14+/m1/s1. The van der Waals surface area contributed by atoms with E-state index >= 15 is 0 Å². The first-order valence-corrected chi connectivity index (χ1v) is 6.68. The summed E-state index contributed by atoms with van der Waals surface area (Å²) in [5, 5.41) is 0. The molecule has 1 aliphatic heterocycles. The maximum atomic E-state index is 5.86. The zero-order valence-corrected chi connectivity index (χ0v) is 11.1. The van der Waals surface area contributed by atoms with Gasteiger partial charge in [0, 0.05) is 4.83 Å². The van der Waals surface area contributed by atoms with Crippen LogP contribution < -0.4 is 0 Å². The van der Waals surface area contributed by atoms with Crippen molar-refractivity contribution in [1.29, 1.82) is 0 Å². The first-order valence-electron chi connectivity index (χ1n) is 5.77. The lowest BCUT2D eigenvalue weighted by Gasteiger charge is -2.29. The van der Waals surface area contributed by atoms with E-state index in [4.69, 9.17) is 4.74 Å². The van der Waals surface area contributed by atoms with Crippen molar-refractivity contribution >= 4 is 22.0 Å². The van der Waals surface area contributed by atoms with E-state index in [1.807, 2.05) is 6.07 Å². The smallest absolute Gasteiger partial charge is 0.0773 e. The third-order valence-corrected chi connectivity index (χ3v) is 3.53. The van der Waals surface area contributed by atoms with Crippen molar-refractivity contribution in [2.45, 2.75) is 36.8 Å². The van der Waals surface area contributed by atoms with Crippen LogP contribution in [0.15, 0.2) is 36.4 Å². The van der Waals surface area contributed by atoms with Gasteiger partial charge in [0.2, 0.25) is 0 Å². The predicted octanol–water partition coefficient (Wildman–Crippen LogP) is 4.03. The Hall–Kier alpha value is -0.600. The summed E-state index contributed by atoms with van der Waals surface area (Å²) >= 11 is 3.68. The zero-order valence-electron chi connectivity index (χ0n) is 9.47. The Bertz CT molecular complexity index is 337. The van der Waals surface area contributed by atoms with Gasteiger partial charge in [-0.05, 0) is 25.3 Å². The molecule has 1 heterocycles. The van der Waals surface area contributed by atoms with Crippen molar-refractivity contribution in [3.05, 3.63) is 42.0 Å². The largest absolute Gasteiger partial charge is 0.371 e. The highest BCUT2D eigenvalue weighted by atomic mass is 79.9. The van der Waals surface area contributed by atoms with Crippen LogP contribution in [0.25, 0.3) is 6.08 Å². The molecule has 0 saturated carbocycles. The number of hydrogen-bond acceptors (Lipinski definition) is 1. The van der Waals surface area contributed by atoms with Gasteiger partial charge < -0.3 is 4.74 Å². The summed E-state index contributed by atoms with van der Waals surface area (Å²) in [5.41, 5.74) is 1.23. The molecular weight excluding hydrogens is 264 g/mol. The van der Waals surface area contributed by atoms with Gasteiger partial charge in [-0.1, -0.05) is 58.4 Å². The molecular formula is C14H17BrO. The molecule has 2 rings (SSSR count). The molecule has 1 fully saturated rings. The SMILES string of the molecule is C[C@@H]1C[C@H](Br)C[C@H](C=Cc2ccccc2)O1. The van der Waals surface area contributed by atoms with E-state index < -0.39 is 0 Å². The third kappa shape index (κ3) is 3.46. The summed E-state index contributed by atoms with van der Waals surface area (Å²) in [5.74, 6) is 0. The van der Waals surface area contributed by atoms with Gasteiger partial charge >= 0.3 is 0 Å². The Kier molecular flexibility index (Phi) is 4.19. The van der Waals surface area contributed by atoms with Crippen LogP contribution >= 0.6 is 15.9 Å². The summed E-state index contributed by atoms with van der Waals surface area (Å²) in [4.78, 5) is 0.585. The van der Waals surface area contributed by atoms with E-state index in [0.717, 1.165) is 12.8 Å². The van der Waals surface area contributed by atoms with Crippen molar-refractivity contribution in [3.8, 4) is 0 Å². The molecule has 1 aromatic rings. The Morgan fingerprint density at radius 2 is 2.00 bits per heavy atom. The first-order chi connectivity index (χ1) is 7.74. The van der Waals surface area contributed by atoms with Gasteiger partial charge in [0.25, 0.3) is 0 Å². The van der Waals surface area contributed by atoms with Gasteiger partial charge in [0.1, 0.15) is 0 Å². The molecule has 0 spiro atoms. The maximum Gasteiger partial charge on any atom is 0.0773 e. The highest BCUT2D eigenvalue weighted by Gasteiger charge is 2.23. The van der Waals surface area contributed by atoms with E-state index in [2.05, 4.69) is 59.3 Å². The minimum Gasteiger partial charge on any atom is -0.371 e. The number of ether oxygens (including phenoxy) is 1. The normalized spacial score (nSPS) is 30.8. The van der Waals surface area contributed by atoms with Gasteiger partial charge in [0.15, 0.2) is 0 Å². The molecule has 16 heavy (non-hydrogen) atoms. The molecule has 1 nitrogen and oxygen atoms in total. The maximum absolute atomic E-state index is 5.86. The van der Waals surface area contributed by atoms with Gasteiger partial charge in [-0.25, -0.2) is 0 Å². The van der Waals surface area contributed by atoms with E-state index in [1.165, 1.54) is 5.56 Å². The number of rotatable bonds is 2. The van der Waals surface area contributed by atoms with Crippen LogP contribution in [0.2, 0.25) is 0 Å². The van der Waals surface area contributed by atoms with Crippen LogP contribution in [0.3, 0.4) is 0 Å². The predicted molar refractivity (Wildman–Crippen MR) is 71.8 cm³/mol. The lowest BCUT2D eigenvalue weighted by Crippen LogP contribution is -2.30. The van der Waals surface area contributed by atoms with E-state index in [1.54, 1.807) is 0 Å². The summed E-state index contributed by atoms with van der Waals surface area (Å²) in [6.07, 6.45) is 7.07. The van der Waals surface area contributed by atoms with Crippen molar-refractivity contribution < 1.29 is 4.74 Å². The Labute approximate surface area is 106 Å². The first kappa shape index (κ1) is 11.9. The second kappa shape index (κ2) is 5.65. The van der Waals surface area contributed by atoms with E-state index in [-0.39, 0.29) is 6.10 Å². The van der Waals surface area contributed by atoms with Gasteiger partial charge in [-0.2, -0.15) is 0 Å². The molecule has 0 aliphatic carbocycles. The fraction of sp³-hybridized carbons (Fsp3) is 0.429. The van der Waals surface area contributed by atoms with Crippen LogP contribution in [-0.4, -0.2) is 17.0 Å². The molecule has 1 aromatic carbocycles. The molecule has 0 aromatic heterocycles. The van der Waals surface area contributed by atoms with Crippen molar-refractivity contribution in [3.63, 3.8) is 0 Å². The minimum atomic E-state index is 0.244. The topological polar surface area (TPSA) is 9.23 Å². The summed E-state index contributed by atoms with van der Waals surface area (Å²) in [6.45, 7) is 2.14. The van der Waals surface area contributed by atoms with Crippen LogP contribution in [0.4, 0.5) is 0 Å². The zero-order chi connectivity index (χ0) is 11.4. The molecule has 0 amide bonds. The molecule has 0 unspecified atom stereocenters. The van der Waals surface area contributed by atoms with Crippen molar-refractivity contribution in [2.24, 2.45) is 0 Å². The van der Waals surface area contributed by atoms with Gasteiger partial charge in [-0.15, -0.1) is 0 Å². The molecule has 0 N–H and O–H groups in total. The average molecular weight is 281 g/mol. The number of benzene rings is 1. The van der Waals surface area contributed by atoms with Crippen LogP contribution in [0.5, 0.6) is 0 Å². The second-order valence-electron chi connectivity index (χ2n) is 4.32. The number of alkyl halides is 1. The third-order valence-electron chi connectivity index (χ3n) is 2.79. The van der Waals surface area contributed by atoms with Crippen molar-refractivity contribution in [1.82, 2.24) is 0 Å². The van der Waals surface area contributed by atoms with Crippen LogP contribution in [0, 0.1) is 0 Å². The van der Waals surface area contributed by atoms with E-state index in [9.17, 15) is 0 Å². The van der Waals surface area contributed by atoms with Crippen LogP contribution in [-0.2, 0) is 4.74 Å². The van der Waals surface area contributed by atoms with Gasteiger partial charge in [-0.3, -0.25) is 0 Å². The summed E-state index contributed by atoms with van der Waals surface area (Å²) in [7, 11) is 0. The number of halogens is 1. The molecule has 0 bridgehead atoms. The quantitative estimate of drug-likeness (QED) is 0.744. The van der Waals surface area contributed by atoms with Crippen LogP contribution in [0.1, 0.15) is 25.3 Å². The average Bonchev–Trinajstić information content (AvgIpc) is 2.27. The molecule has 3 atom stereocenters. The highest BCUT2D eigenvalue weighted by molar-refractivity contribution is 9.09. The second-order valence-corrected chi connectivity index (χ2v) is 5.62. The van der Waals surface area contributed by atoms with E-state index in [0.29, 0.717) is 10.9 Å². The monoisotopic (exact) mass is 280 g/mol. The fourth-order valence-corrected chi connectivity index (χ4v) is 2.92. The minimum absolute atomic E-state index is 0.244. The summed E-state index contributed by atoms with van der Waals surface area (Å²) < 4.78 is 5.86. The Balaban J connectivity index is 1.96.